The first-order chi connectivity index (χ1) is 7.36. The molecule has 1 heterocycles. The molecule has 84 valence electrons. The first kappa shape index (κ1) is 10.6. The molecule has 1 saturated carbocycles. The Morgan fingerprint density at radius 1 is 1.47 bits per heavy atom. The van der Waals surface area contributed by atoms with Gasteiger partial charge in [0.1, 0.15) is 0 Å². The summed E-state index contributed by atoms with van der Waals surface area (Å²) in [7, 11) is 0. The summed E-state index contributed by atoms with van der Waals surface area (Å²) in [6, 6.07) is 0.559. The zero-order valence-corrected chi connectivity index (χ0v) is 9.28. The van der Waals surface area contributed by atoms with Crippen LogP contribution in [-0.2, 0) is 6.54 Å². The van der Waals surface area contributed by atoms with E-state index >= 15 is 0 Å². The normalized spacial score (nSPS) is 20.3. The van der Waals surface area contributed by atoms with Crippen LogP contribution in [0.25, 0.3) is 0 Å². The Bertz CT molecular complexity index is 267. The molecule has 1 fully saturated rings. The molecule has 1 unspecified atom stereocenters. The Balaban J connectivity index is 1.74. The third-order valence-electron chi connectivity index (χ3n) is 3.35. The highest BCUT2D eigenvalue weighted by Crippen LogP contribution is 2.26. The maximum atomic E-state index is 4.69. The van der Waals surface area contributed by atoms with Crippen LogP contribution in [0.2, 0.25) is 0 Å². The molecule has 2 rings (SSSR count). The summed E-state index contributed by atoms with van der Waals surface area (Å²) >= 11 is 0. The summed E-state index contributed by atoms with van der Waals surface area (Å²) in [5.74, 6) is 1.57. The molecule has 0 saturated heterocycles. The van der Waals surface area contributed by atoms with Gasteiger partial charge in [-0.3, -0.25) is 0 Å². The Labute approximate surface area is 90.4 Å². The predicted molar refractivity (Wildman–Crippen MR) is 57.2 cm³/mol. The summed E-state index contributed by atoms with van der Waals surface area (Å²) in [4.78, 5) is 3.99. The molecule has 0 spiro atoms. The van der Waals surface area contributed by atoms with Crippen molar-refractivity contribution in [3.63, 3.8) is 0 Å². The lowest BCUT2D eigenvalue weighted by molar-refractivity contribution is 0.278. The lowest BCUT2D eigenvalue weighted by atomic mass is 9.84. The minimum absolute atomic E-state index is 0.559. The van der Waals surface area contributed by atoms with Crippen molar-refractivity contribution in [2.24, 2.45) is 5.92 Å². The van der Waals surface area contributed by atoms with Gasteiger partial charge in [0.15, 0.2) is 5.82 Å². The van der Waals surface area contributed by atoms with Gasteiger partial charge in [0.25, 0.3) is 0 Å². The van der Waals surface area contributed by atoms with Crippen molar-refractivity contribution in [2.75, 3.05) is 0 Å². The number of hydrogen-bond donors (Lipinski definition) is 1. The van der Waals surface area contributed by atoms with Gasteiger partial charge in [-0.1, -0.05) is 24.4 Å². The van der Waals surface area contributed by atoms with Crippen molar-refractivity contribution in [1.29, 1.82) is 0 Å². The second kappa shape index (κ2) is 5.26. The largest absolute Gasteiger partial charge is 0.343 e. The van der Waals surface area contributed by atoms with Crippen LogP contribution in [0.15, 0.2) is 10.9 Å². The average molecular weight is 209 g/mol. The summed E-state index contributed by atoms with van der Waals surface area (Å²) < 4.78 is 4.69. The molecule has 0 aliphatic heterocycles. The van der Waals surface area contributed by atoms with Gasteiger partial charge >= 0.3 is 0 Å². The average Bonchev–Trinajstić information content (AvgIpc) is 2.80. The molecule has 1 N–H and O–H groups in total. The van der Waals surface area contributed by atoms with E-state index < -0.39 is 0 Å². The van der Waals surface area contributed by atoms with Crippen LogP contribution in [-0.4, -0.2) is 16.2 Å². The number of rotatable bonds is 4. The van der Waals surface area contributed by atoms with Gasteiger partial charge in [0, 0.05) is 6.04 Å². The quantitative estimate of drug-likeness (QED) is 0.825. The Morgan fingerprint density at radius 3 is 2.93 bits per heavy atom. The van der Waals surface area contributed by atoms with Gasteiger partial charge in [-0.15, -0.1) is 0 Å². The molecule has 0 radical (unpaired) electrons. The molecule has 0 bridgehead atoms. The Morgan fingerprint density at radius 2 is 2.27 bits per heavy atom. The van der Waals surface area contributed by atoms with Crippen LogP contribution >= 0.6 is 0 Å². The number of aromatic nitrogens is 2. The zero-order valence-electron chi connectivity index (χ0n) is 9.28. The highest BCUT2D eigenvalue weighted by Gasteiger charge is 2.19. The number of nitrogens with zero attached hydrogens (tertiary/aromatic N) is 2. The maximum absolute atomic E-state index is 4.69. The summed E-state index contributed by atoms with van der Waals surface area (Å²) in [6.45, 7) is 2.98. The van der Waals surface area contributed by atoms with Crippen molar-refractivity contribution in [3.05, 3.63) is 12.2 Å². The third-order valence-corrected chi connectivity index (χ3v) is 3.35. The zero-order chi connectivity index (χ0) is 10.5. The van der Waals surface area contributed by atoms with Gasteiger partial charge in [-0.05, 0) is 25.7 Å². The fourth-order valence-corrected chi connectivity index (χ4v) is 2.32. The molecular formula is C11H19N3O. The summed E-state index contributed by atoms with van der Waals surface area (Å²) in [5.41, 5.74) is 0. The van der Waals surface area contributed by atoms with Gasteiger partial charge in [-0.25, -0.2) is 0 Å². The molecule has 1 aliphatic carbocycles. The highest BCUT2D eigenvalue weighted by atomic mass is 16.5. The van der Waals surface area contributed by atoms with Crippen LogP contribution in [0.1, 0.15) is 44.9 Å². The fourth-order valence-electron chi connectivity index (χ4n) is 2.32. The molecular weight excluding hydrogens is 190 g/mol. The van der Waals surface area contributed by atoms with Crippen LogP contribution in [0.5, 0.6) is 0 Å². The van der Waals surface area contributed by atoms with Gasteiger partial charge in [-0.2, -0.15) is 4.98 Å². The van der Waals surface area contributed by atoms with Crippen molar-refractivity contribution in [3.8, 4) is 0 Å². The molecule has 1 atom stereocenters. The first-order valence-corrected chi connectivity index (χ1v) is 5.85. The van der Waals surface area contributed by atoms with E-state index in [4.69, 9.17) is 4.52 Å². The topological polar surface area (TPSA) is 51.0 Å². The standard InChI is InChI=1S/C11H19N3O/c1-9(10-5-3-2-4-6-10)12-7-11-13-8-15-14-11/h8-10,12H,2-7H2,1H3. The van der Waals surface area contributed by atoms with E-state index in [9.17, 15) is 0 Å². The number of nitrogens with one attached hydrogen (secondary N) is 1. The van der Waals surface area contributed by atoms with E-state index in [2.05, 4.69) is 22.4 Å². The van der Waals surface area contributed by atoms with E-state index in [1.807, 2.05) is 0 Å². The minimum atomic E-state index is 0.559. The molecule has 0 aromatic carbocycles. The van der Waals surface area contributed by atoms with Crippen LogP contribution in [0, 0.1) is 5.92 Å². The Kier molecular flexibility index (Phi) is 3.72. The van der Waals surface area contributed by atoms with Crippen LogP contribution < -0.4 is 5.32 Å². The molecule has 15 heavy (non-hydrogen) atoms. The predicted octanol–water partition coefficient (Wildman–Crippen LogP) is 2.13. The van der Waals surface area contributed by atoms with Gasteiger partial charge in [0.2, 0.25) is 6.39 Å². The molecule has 1 aliphatic rings. The van der Waals surface area contributed by atoms with Crippen LogP contribution in [0.3, 0.4) is 0 Å². The lowest BCUT2D eigenvalue weighted by Crippen LogP contribution is -2.34. The minimum Gasteiger partial charge on any atom is -0.343 e. The van der Waals surface area contributed by atoms with E-state index in [0.29, 0.717) is 12.6 Å². The summed E-state index contributed by atoms with van der Waals surface area (Å²) in [6.07, 6.45) is 8.29. The monoisotopic (exact) mass is 209 g/mol. The molecule has 1 aromatic rings. The molecule has 1 aromatic heterocycles. The van der Waals surface area contributed by atoms with E-state index in [-0.39, 0.29) is 0 Å². The van der Waals surface area contributed by atoms with Gasteiger partial charge in [0.05, 0.1) is 6.54 Å². The molecule has 4 heteroatoms. The van der Waals surface area contributed by atoms with Crippen molar-refractivity contribution in [2.45, 2.75) is 51.6 Å². The second-order valence-electron chi connectivity index (χ2n) is 4.42. The highest BCUT2D eigenvalue weighted by molar-refractivity contribution is 4.81. The number of hydrogen-bond acceptors (Lipinski definition) is 4. The Hall–Kier alpha value is -0.900. The summed E-state index contributed by atoms with van der Waals surface area (Å²) in [5, 5.41) is 7.25. The molecule has 4 nitrogen and oxygen atoms in total. The van der Waals surface area contributed by atoms with Gasteiger partial charge < -0.3 is 9.84 Å². The SMILES string of the molecule is CC(NCc1ncon1)C1CCCCC1. The fraction of sp³-hybridized carbons (Fsp3) is 0.818. The lowest BCUT2D eigenvalue weighted by Gasteiger charge is -2.28. The van der Waals surface area contributed by atoms with E-state index in [1.165, 1.54) is 38.5 Å². The second-order valence-corrected chi connectivity index (χ2v) is 4.42. The van der Waals surface area contributed by atoms with E-state index in [1.54, 1.807) is 0 Å². The smallest absolute Gasteiger partial charge is 0.213 e. The van der Waals surface area contributed by atoms with Crippen molar-refractivity contribution < 1.29 is 4.52 Å². The van der Waals surface area contributed by atoms with Crippen molar-refractivity contribution >= 4 is 0 Å². The first-order valence-electron chi connectivity index (χ1n) is 5.85. The van der Waals surface area contributed by atoms with Crippen LogP contribution in [0.4, 0.5) is 0 Å². The molecule has 0 amide bonds. The van der Waals surface area contributed by atoms with E-state index in [0.717, 1.165) is 11.7 Å². The maximum Gasteiger partial charge on any atom is 0.213 e. The van der Waals surface area contributed by atoms with Crippen molar-refractivity contribution in [1.82, 2.24) is 15.5 Å². The third kappa shape index (κ3) is 3.02.